The minimum atomic E-state index is -3.97. The van der Waals surface area contributed by atoms with Crippen LogP contribution in [0, 0.1) is 5.82 Å². The van der Waals surface area contributed by atoms with Crippen LogP contribution in [-0.2, 0) is 32.6 Å². The van der Waals surface area contributed by atoms with Gasteiger partial charge in [-0.05, 0) is 42.2 Å². The number of amides is 2. The topological polar surface area (TPSA) is 86.8 Å². The number of carbonyl (C=O) groups is 2. The first kappa shape index (κ1) is 29.6. The molecule has 0 aliphatic heterocycles. The van der Waals surface area contributed by atoms with Crippen LogP contribution < -0.4 is 9.62 Å². The van der Waals surface area contributed by atoms with Crippen LogP contribution in [0.1, 0.15) is 36.8 Å². The molecule has 4 rings (SSSR count). The van der Waals surface area contributed by atoms with Crippen LogP contribution in [0.25, 0.3) is 0 Å². The summed E-state index contributed by atoms with van der Waals surface area (Å²) in [6, 6.07) is 21.3. The summed E-state index contributed by atoms with van der Waals surface area (Å²) in [4.78, 5) is 29.3. The van der Waals surface area contributed by atoms with Crippen molar-refractivity contribution in [1.29, 1.82) is 0 Å². The molecule has 0 spiro atoms. The van der Waals surface area contributed by atoms with Crippen LogP contribution in [0.4, 0.5) is 10.1 Å². The lowest BCUT2D eigenvalue weighted by Crippen LogP contribution is -2.54. The van der Waals surface area contributed by atoms with E-state index in [1.165, 1.54) is 17.0 Å². The van der Waals surface area contributed by atoms with E-state index in [1.54, 1.807) is 0 Å². The van der Waals surface area contributed by atoms with Gasteiger partial charge in [-0.15, -0.1) is 0 Å². The summed E-state index contributed by atoms with van der Waals surface area (Å²) >= 11 is 5.93. The van der Waals surface area contributed by atoms with Crippen molar-refractivity contribution in [2.24, 2.45) is 0 Å². The van der Waals surface area contributed by atoms with Crippen molar-refractivity contribution in [3.8, 4) is 0 Å². The standard InChI is InChI=1S/C30H33ClFN3O4S/c1-40(38,39)35(25-16-17-27(32)26(31)19-25)21-29(36)34(20-23-12-6-3-7-13-23)28(18-22-10-4-2-5-11-22)30(37)33-24-14-8-9-15-24/h2-7,10-13,16-17,19,24,28H,8-9,14-15,18,20-21H2,1H3,(H,33,37)/t28-/m1/s1. The molecule has 0 bridgehead atoms. The second kappa shape index (κ2) is 13.3. The Bertz CT molecular complexity index is 1420. The summed E-state index contributed by atoms with van der Waals surface area (Å²) in [5.41, 5.74) is 1.71. The molecule has 10 heteroatoms. The van der Waals surface area contributed by atoms with Gasteiger partial charge in [-0.3, -0.25) is 13.9 Å². The molecule has 40 heavy (non-hydrogen) atoms. The third-order valence-corrected chi connectivity index (χ3v) is 8.47. The van der Waals surface area contributed by atoms with E-state index in [0.29, 0.717) is 0 Å². The van der Waals surface area contributed by atoms with Crippen molar-refractivity contribution in [2.75, 3.05) is 17.1 Å². The molecule has 2 amide bonds. The van der Waals surface area contributed by atoms with Gasteiger partial charge in [0.15, 0.2) is 0 Å². The fourth-order valence-corrected chi connectivity index (χ4v) is 5.97. The number of hydrogen-bond acceptors (Lipinski definition) is 4. The number of hydrogen-bond donors (Lipinski definition) is 1. The minimum Gasteiger partial charge on any atom is -0.352 e. The van der Waals surface area contributed by atoms with E-state index in [1.807, 2.05) is 60.7 Å². The van der Waals surface area contributed by atoms with Crippen LogP contribution in [0.5, 0.6) is 0 Å². The van der Waals surface area contributed by atoms with Gasteiger partial charge < -0.3 is 10.2 Å². The summed E-state index contributed by atoms with van der Waals surface area (Å²) in [7, 11) is -3.97. The first-order valence-corrected chi connectivity index (χ1v) is 15.4. The third kappa shape index (κ3) is 7.82. The molecule has 1 saturated carbocycles. The predicted molar refractivity (Wildman–Crippen MR) is 155 cm³/mol. The quantitative estimate of drug-likeness (QED) is 0.345. The molecule has 1 fully saturated rings. The average Bonchev–Trinajstić information content (AvgIpc) is 3.44. The SMILES string of the molecule is CS(=O)(=O)N(CC(=O)N(Cc1ccccc1)[C@H](Cc1ccccc1)C(=O)NC1CCCC1)c1ccc(F)c(Cl)c1. The molecule has 0 radical (unpaired) electrons. The molecule has 1 atom stereocenters. The van der Waals surface area contributed by atoms with Crippen molar-refractivity contribution in [3.63, 3.8) is 0 Å². The van der Waals surface area contributed by atoms with E-state index >= 15 is 0 Å². The fourth-order valence-electron chi connectivity index (χ4n) is 4.96. The molecule has 7 nitrogen and oxygen atoms in total. The van der Waals surface area contributed by atoms with Crippen LogP contribution in [0.2, 0.25) is 5.02 Å². The molecule has 0 saturated heterocycles. The second-order valence-corrected chi connectivity index (χ2v) is 12.4. The zero-order valence-corrected chi connectivity index (χ0v) is 23.9. The zero-order chi connectivity index (χ0) is 28.7. The Morgan fingerprint density at radius 3 is 2.15 bits per heavy atom. The average molecular weight is 586 g/mol. The van der Waals surface area contributed by atoms with E-state index < -0.39 is 34.3 Å². The molecule has 1 aliphatic rings. The van der Waals surface area contributed by atoms with Crippen molar-refractivity contribution in [1.82, 2.24) is 10.2 Å². The molecule has 212 valence electrons. The van der Waals surface area contributed by atoms with Gasteiger partial charge in [0.2, 0.25) is 21.8 Å². The lowest BCUT2D eigenvalue weighted by atomic mass is 10.0. The minimum absolute atomic E-state index is 0.0355. The van der Waals surface area contributed by atoms with Crippen molar-refractivity contribution >= 4 is 39.1 Å². The fraction of sp³-hybridized carbons (Fsp3) is 0.333. The molecule has 3 aromatic rings. The molecule has 3 aromatic carbocycles. The third-order valence-electron chi connectivity index (χ3n) is 7.04. The maximum absolute atomic E-state index is 14.0. The molecule has 0 unspecified atom stereocenters. The largest absolute Gasteiger partial charge is 0.352 e. The molecular formula is C30H33ClFN3O4S. The first-order chi connectivity index (χ1) is 19.1. The lowest BCUT2D eigenvalue weighted by Gasteiger charge is -2.34. The van der Waals surface area contributed by atoms with Crippen molar-refractivity contribution in [3.05, 3.63) is 101 Å². The second-order valence-electron chi connectivity index (χ2n) is 10.1. The summed E-state index contributed by atoms with van der Waals surface area (Å²) in [5, 5.41) is 2.86. The van der Waals surface area contributed by atoms with Crippen LogP contribution >= 0.6 is 11.6 Å². The molecule has 0 heterocycles. The predicted octanol–water partition coefficient (Wildman–Crippen LogP) is 4.94. The Morgan fingerprint density at radius 1 is 0.975 bits per heavy atom. The molecule has 1 N–H and O–H groups in total. The van der Waals surface area contributed by atoms with Gasteiger partial charge in [0.05, 0.1) is 17.0 Å². The van der Waals surface area contributed by atoms with Gasteiger partial charge in [-0.2, -0.15) is 0 Å². The monoisotopic (exact) mass is 585 g/mol. The van der Waals surface area contributed by atoms with Crippen LogP contribution in [0.15, 0.2) is 78.9 Å². The maximum atomic E-state index is 14.0. The number of nitrogens with one attached hydrogen (secondary N) is 1. The number of benzene rings is 3. The van der Waals surface area contributed by atoms with Crippen molar-refractivity contribution in [2.45, 2.75) is 50.7 Å². The van der Waals surface area contributed by atoms with Crippen LogP contribution in [-0.4, -0.2) is 50.0 Å². The zero-order valence-electron chi connectivity index (χ0n) is 22.3. The van der Waals surface area contributed by atoms with Gasteiger partial charge in [0.1, 0.15) is 18.4 Å². The molecular weight excluding hydrogens is 553 g/mol. The maximum Gasteiger partial charge on any atom is 0.244 e. The van der Waals surface area contributed by atoms with Gasteiger partial charge in [-0.1, -0.05) is 85.1 Å². The van der Waals surface area contributed by atoms with Crippen molar-refractivity contribution < 1.29 is 22.4 Å². The van der Waals surface area contributed by atoms with E-state index in [4.69, 9.17) is 11.6 Å². The van der Waals surface area contributed by atoms with Gasteiger partial charge in [0.25, 0.3) is 0 Å². The van der Waals surface area contributed by atoms with Gasteiger partial charge in [0, 0.05) is 19.0 Å². The van der Waals surface area contributed by atoms with E-state index in [2.05, 4.69) is 5.32 Å². The number of sulfonamides is 1. The van der Waals surface area contributed by atoms with Gasteiger partial charge in [-0.25, -0.2) is 12.8 Å². The summed E-state index contributed by atoms with van der Waals surface area (Å²) in [6.07, 6.45) is 5.04. The Morgan fingerprint density at radius 2 is 1.57 bits per heavy atom. The number of anilines is 1. The number of halogens is 2. The first-order valence-electron chi connectivity index (χ1n) is 13.2. The number of carbonyl (C=O) groups excluding carboxylic acids is 2. The number of rotatable bonds is 11. The summed E-state index contributed by atoms with van der Waals surface area (Å²) in [5.74, 6) is -1.56. The Kier molecular flexibility index (Phi) is 9.81. The highest BCUT2D eigenvalue weighted by molar-refractivity contribution is 7.92. The van der Waals surface area contributed by atoms with E-state index in [9.17, 15) is 22.4 Å². The van der Waals surface area contributed by atoms with Gasteiger partial charge >= 0.3 is 0 Å². The summed E-state index contributed by atoms with van der Waals surface area (Å²) < 4.78 is 40.3. The molecule has 1 aliphatic carbocycles. The highest BCUT2D eigenvalue weighted by Gasteiger charge is 2.34. The number of nitrogens with zero attached hydrogens (tertiary/aromatic N) is 2. The Balaban J connectivity index is 1.71. The lowest BCUT2D eigenvalue weighted by molar-refractivity contribution is -0.140. The van der Waals surface area contributed by atoms with E-state index in [0.717, 1.165) is 53.4 Å². The highest BCUT2D eigenvalue weighted by atomic mass is 35.5. The van der Waals surface area contributed by atoms with E-state index in [-0.39, 0.29) is 35.6 Å². The Hall–Kier alpha value is -3.43. The smallest absolute Gasteiger partial charge is 0.244 e. The summed E-state index contributed by atoms with van der Waals surface area (Å²) in [6.45, 7) is -0.493. The normalized spacial score (nSPS) is 14.5. The van der Waals surface area contributed by atoms with Crippen LogP contribution in [0.3, 0.4) is 0 Å². The molecule has 0 aromatic heterocycles. The highest BCUT2D eigenvalue weighted by Crippen LogP contribution is 2.26. The Labute approximate surface area is 240 Å².